The average Bonchev–Trinajstić information content (AvgIpc) is 2.77. The minimum Gasteiger partial charge on any atom is -0.291 e. The Morgan fingerprint density at radius 3 is 2.82 bits per heavy atom. The third-order valence-corrected chi connectivity index (χ3v) is 2.16. The van der Waals surface area contributed by atoms with Crippen LogP contribution in [0.15, 0.2) is 18.5 Å². The lowest BCUT2D eigenvalue weighted by Crippen LogP contribution is -2.17. The number of anilines is 1. The molecule has 7 heteroatoms. The van der Waals surface area contributed by atoms with Crippen LogP contribution < -0.4 is 5.32 Å². The monoisotopic (exact) mass is 238 g/mol. The number of aromatic amines is 1. The quantitative estimate of drug-likeness (QED) is 0.835. The highest BCUT2D eigenvalue weighted by Gasteiger charge is 2.19. The van der Waals surface area contributed by atoms with Crippen LogP contribution >= 0.6 is 0 Å². The first-order valence-electron chi connectivity index (χ1n) is 4.71. The van der Waals surface area contributed by atoms with Crippen LogP contribution in [0.25, 0.3) is 0 Å². The van der Waals surface area contributed by atoms with Gasteiger partial charge in [-0.05, 0) is 18.6 Å². The number of halogens is 2. The molecule has 0 aliphatic heterocycles. The van der Waals surface area contributed by atoms with Crippen molar-refractivity contribution in [3.8, 4) is 0 Å². The van der Waals surface area contributed by atoms with Crippen molar-refractivity contribution in [2.75, 3.05) is 5.32 Å². The summed E-state index contributed by atoms with van der Waals surface area (Å²) in [6.07, 6.45) is 1.17. The Labute approximate surface area is 94.9 Å². The van der Waals surface area contributed by atoms with E-state index in [0.717, 1.165) is 6.07 Å². The second kappa shape index (κ2) is 4.28. The lowest BCUT2D eigenvalue weighted by molar-refractivity contribution is 0.101. The summed E-state index contributed by atoms with van der Waals surface area (Å²) in [6, 6.07) is 2.30. The van der Waals surface area contributed by atoms with Crippen molar-refractivity contribution < 1.29 is 13.6 Å². The predicted octanol–water partition coefficient (Wildman–Crippen LogP) is 1.64. The molecule has 0 unspecified atom stereocenters. The molecule has 0 fully saturated rings. The van der Waals surface area contributed by atoms with Gasteiger partial charge in [0.1, 0.15) is 23.5 Å². The first kappa shape index (κ1) is 11.2. The third kappa shape index (κ3) is 2.12. The minimum atomic E-state index is -0.926. The molecule has 1 aromatic heterocycles. The molecule has 0 aliphatic rings. The van der Waals surface area contributed by atoms with E-state index < -0.39 is 23.1 Å². The molecule has 2 aromatic rings. The summed E-state index contributed by atoms with van der Waals surface area (Å²) in [5.41, 5.74) is -0.449. The molecule has 0 bridgehead atoms. The maximum absolute atomic E-state index is 13.6. The molecule has 0 aliphatic carbocycles. The molecule has 0 atom stereocenters. The maximum atomic E-state index is 13.6. The number of amides is 1. The molecular weight excluding hydrogens is 230 g/mol. The van der Waals surface area contributed by atoms with E-state index in [2.05, 4.69) is 20.5 Å². The molecule has 2 N–H and O–H groups in total. The first-order chi connectivity index (χ1) is 8.09. The van der Waals surface area contributed by atoms with Crippen LogP contribution in [0.1, 0.15) is 15.9 Å². The molecule has 0 saturated carbocycles. The maximum Gasteiger partial charge on any atom is 0.263 e. The number of benzene rings is 1. The number of nitrogens with zero attached hydrogens (tertiary/aromatic N) is 2. The van der Waals surface area contributed by atoms with E-state index in [1.165, 1.54) is 19.3 Å². The topological polar surface area (TPSA) is 70.7 Å². The molecule has 2 rings (SSSR count). The van der Waals surface area contributed by atoms with Crippen LogP contribution in [0.5, 0.6) is 0 Å². The lowest BCUT2D eigenvalue weighted by Gasteiger charge is -2.06. The number of carbonyl (C=O) groups excluding carboxylic acids is 1. The fourth-order valence-corrected chi connectivity index (χ4v) is 1.30. The van der Waals surface area contributed by atoms with Crippen molar-refractivity contribution in [2.24, 2.45) is 0 Å². The van der Waals surface area contributed by atoms with Crippen LogP contribution in [-0.4, -0.2) is 21.1 Å². The van der Waals surface area contributed by atoms with Gasteiger partial charge in [-0.3, -0.25) is 10.1 Å². The molecule has 0 saturated heterocycles. The summed E-state index contributed by atoms with van der Waals surface area (Å²) in [5.74, 6) is -2.71. The number of hydrogen-bond acceptors (Lipinski definition) is 3. The van der Waals surface area contributed by atoms with Gasteiger partial charge in [-0.15, -0.1) is 0 Å². The molecule has 0 spiro atoms. The van der Waals surface area contributed by atoms with Crippen molar-refractivity contribution in [1.29, 1.82) is 0 Å². The Hall–Kier alpha value is -2.31. The number of carbonyl (C=O) groups is 1. The van der Waals surface area contributed by atoms with Gasteiger partial charge in [0.25, 0.3) is 5.91 Å². The number of aryl methyl sites for hydroxylation is 1. The Morgan fingerprint density at radius 1 is 1.41 bits per heavy atom. The predicted molar refractivity (Wildman–Crippen MR) is 55.4 cm³/mol. The zero-order valence-corrected chi connectivity index (χ0v) is 8.79. The molecule has 0 radical (unpaired) electrons. The smallest absolute Gasteiger partial charge is 0.263 e. The summed E-state index contributed by atoms with van der Waals surface area (Å²) in [7, 11) is 0. The van der Waals surface area contributed by atoms with Crippen molar-refractivity contribution in [1.82, 2.24) is 15.2 Å². The molecule has 1 aromatic carbocycles. The number of hydrogen-bond donors (Lipinski definition) is 2. The van der Waals surface area contributed by atoms with Gasteiger partial charge in [-0.1, -0.05) is 6.07 Å². The molecule has 88 valence electrons. The van der Waals surface area contributed by atoms with Crippen LogP contribution in [0.3, 0.4) is 0 Å². The van der Waals surface area contributed by atoms with Gasteiger partial charge >= 0.3 is 0 Å². The Kier molecular flexibility index (Phi) is 2.82. The lowest BCUT2D eigenvalue weighted by atomic mass is 10.1. The SMILES string of the molecule is Cc1ccc(F)c(C(=O)Nc2ncn[nH]2)c1F. The van der Waals surface area contributed by atoms with Crippen molar-refractivity contribution in [2.45, 2.75) is 6.92 Å². The molecule has 1 heterocycles. The van der Waals surface area contributed by atoms with Gasteiger partial charge in [0, 0.05) is 0 Å². The number of aromatic nitrogens is 3. The zero-order chi connectivity index (χ0) is 12.4. The normalized spacial score (nSPS) is 10.3. The fourth-order valence-electron chi connectivity index (χ4n) is 1.30. The van der Waals surface area contributed by atoms with Crippen LogP contribution in [0.4, 0.5) is 14.7 Å². The Balaban J connectivity index is 2.34. The van der Waals surface area contributed by atoms with Gasteiger partial charge < -0.3 is 0 Å². The van der Waals surface area contributed by atoms with E-state index in [1.807, 2.05) is 0 Å². The van der Waals surface area contributed by atoms with Gasteiger partial charge in [-0.25, -0.2) is 13.9 Å². The summed E-state index contributed by atoms with van der Waals surface area (Å²) in [5, 5.41) is 8.05. The van der Waals surface area contributed by atoms with Crippen molar-refractivity contribution >= 4 is 11.9 Å². The highest BCUT2D eigenvalue weighted by molar-refractivity contribution is 6.03. The highest BCUT2D eigenvalue weighted by Crippen LogP contribution is 2.17. The molecule has 1 amide bonds. The standard InChI is InChI=1S/C10H8F2N4O/c1-5-2-3-6(11)7(8(5)12)9(17)15-10-13-4-14-16-10/h2-4H,1H3,(H2,13,14,15,16,17). The van der Waals surface area contributed by atoms with Gasteiger partial charge in [0.15, 0.2) is 0 Å². The van der Waals surface area contributed by atoms with E-state index in [1.54, 1.807) is 0 Å². The highest BCUT2D eigenvalue weighted by atomic mass is 19.1. The minimum absolute atomic E-state index is 0.0234. The Morgan fingerprint density at radius 2 is 2.18 bits per heavy atom. The van der Waals surface area contributed by atoms with Crippen molar-refractivity contribution in [3.05, 3.63) is 41.2 Å². The Bertz CT molecular complexity index is 554. The van der Waals surface area contributed by atoms with E-state index in [4.69, 9.17) is 0 Å². The summed E-state index contributed by atoms with van der Waals surface area (Å²) >= 11 is 0. The van der Waals surface area contributed by atoms with Crippen LogP contribution in [0, 0.1) is 18.6 Å². The van der Waals surface area contributed by atoms with E-state index in [9.17, 15) is 13.6 Å². The van der Waals surface area contributed by atoms with Gasteiger partial charge in [0.05, 0.1) is 0 Å². The van der Waals surface area contributed by atoms with Gasteiger partial charge in [0.2, 0.25) is 5.95 Å². The first-order valence-corrected chi connectivity index (χ1v) is 4.71. The zero-order valence-electron chi connectivity index (χ0n) is 8.79. The summed E-state index contributed by atoms with van der Waals surface area (Å²) in [4.78, 5) is 15.2. The molecule has 5 nitrogen and oxygen atoms in total. The molecule has 17 heavy (non-hydrogen) atoms. The van der Waals surface area contributed by atoms with E-state index in [0.29, 0.717) is 0 Å². The largest absolute Gasteiger partial charge is 0.291 e. The van der Waals surface area contributed by atoms with E-state index in [-0.39, 0.29) is 11.5 Å². The summed E-state index contributed by atoms with van der Waals surface area (Å²) in [6.45, 7) is 1.44. The van der Waals surface area contributed by atoms with Gasteiger partial charge in [-0.2, -0.15) is 10.1 Å². The number of rotatable bonds is 2. The molecular formula is C10H8F2N4O. The number of H-pyrrole nitrogens is 1. The second-order valence-corrected chi connectivity index (χ2v) is 3.34. The second-order valence-electron chi connectivity index (χ2n) is 3.34. The summed E-state index contributed by atoms with van der Waals surface area (Å²) < 4.78 is 27.0. The average molecular weight is 238 g/mol. The third-order valence-electron chi connectivity index (χ3n) is 2.16. The van der Waals surface area contributed by atoms with Crippen LogP contribution in [0.2, 0.25) is 0 Å². The number of nitrogens with one attached hydrogen (secondary N) is 2. The van der Waals surface area contributed by atoms with Crippen LogP contribution in [-0.2, 0) is 0 Å². The fraction of sp³-hybridized carbons (Fsp3) is 0.100. The van der Waals surface area contributed by atoms with E-state index >= 15 is 0 Å². The van der Waals surface area contributed by atoms with Crippen molar-refractivity contribution in [3.63, 3.8) is 0 Å².